The minimum Gasteiger partial charge on any atom is -0.401 e. The van der Waals surface area contributed by atoms with E-state index < -0.39 is 0 Å². The first-order chi connectivity index (χ1) is 5.41. The summed E-state index contributed by atoms with van der Waals surface area (Å²) in [7, 11) is 3.56. The molecule has 0 saturated carbocycles. The van der Waals surface area contributed by atoms with Gasteiger partial charge in [-0.15, -0.1) is 0 Å². The maximum atomic E-state index is 5.84. The molecule has 0 unspecified atom stereocenters. The third-order valence-electron chi connectivity index (χ3n) is 1.66. The normalized spacial score (nSPS) is 14.8. The van der Waals surface area contributed by atoms with Crippen molar-refractivity contribution in [2.24, 2.45) is 16.1 Å². The van der Waals surface area contributed by atoms with Crippen molar-refractivity contribution in [2.75, 3.05) is 14.1 Å². The average Bonchev–Trinajstić information content (AvgIpc) is 1.97. The number of allylic oxidation sites excluding steroid dienone is 1. The Kier molecular flexibility index (Phi) is 3.80. The minimum atomic E-state index is 0.00674. The zero-order valence-corrected chi connectivity index (χ0v) is 8.60. The van der Waals surface area contributed by atoms with E-state index in [1.165, 1.54) is 0 Å². The summed E-state index contributed by atoms with van der Waals surface area (Å²) in [5.41, 5.74) is 6.68. The third kappa shape index (κ3) is 3.42. The van der Waals surface area contributed by atoms with Gasteiger partial charge < -0.3 is 11.1 Å². The molecule has 3 nitrogen and oxygen atoms in total. The number of nitrogens with zero attached hydrogens (tertiary/aromatic N) is 1. The molecule has 0 aliphatic carbocycles. The molecule has 0 saturated heterocycles. The summed E-state index contributed by atoms with van der Waals surface area (Å²) in [6.07, 6.45) is 1.86. The molecule has 0 amide bonds. The van der Waals surface area contributed by atoms with E-state index in [1.54, 1.807) is 7.05 Å². The van der Waals surface area contributed by atoms with Gasteiger partial charge in [-0.05, 0) is 6.08 Å². The van der Waals surface area contributed by atoms with Crippen molar-refractivity contribution in [2.45, 2.75) is 20.8 Å². The fourth-order valence-corrected chi connectivity index (χ4v) is 0.612. The number of likely N-dealkylation sites (N-methyl/N-ethyl adjacent to an activating group) is 1. The maximum absolute atomic E-state index is 5.84. The molecule has 0 aromatic heterocycles. The second-order valence-corrected chi connectivity index (χ2v) is 3.71. The van der Waals surface area contributed by atoms with E-state index >= 15 is 0 Å². The number of nitrogens with two attached hydrogens (primary N) is 1. The fraction of sp³-hybridized carbons (Fsp3) is 0.667. The van der Waals surface area contributed by atoms with E-state index in [1.807, 2.05) is 13.1 Å². The zero-order valence-electron chi connectivity index (χ0n) is 8.60. The molecule has 3 heteroatoms. The molecule has 0 fully saturated rings. The fourth-order valence-electron chi connectivity index (χ4n) is 0.612. The first kappa shape index (κ1) is 11.0. The van der Waals surface area contributed by atoms with Gasteiger partial charge in [-0.25, -0.2) is 0 Å². The van der Waals surface area contributed by atoms with Gasteiger partial charge in [0, 0.05) is 25.2 Å². The smallest absolute Gasteiger partial charge is 0.122 e. The molecule has 0 aliphatic heterocycles. The molecule has 0 spiro atoms. The van der Waals surface area contributed by atoms with E-state index in [0.29, 0.717) is 0 Å². The van der Waals surface area contributed by atoms with Gasteiger partial charge in [0.05, 0.1) is 0 Å². The molecule has 0 atom stereocenters. The van der Waals surface area contributed by atoms with Crippen LogP contribution in [0.25, 0.3) is 0 Å². The summed E-state index contributed by atoms with van der Waals surface area (Å²) in [5, 5.41) is 2.95. The van der Waals surface area contributed by atoms with E-state index in [2.05, 4.69) is 31.1 Å². The van der Waals surface area contributed by atoms with Gasteiger partial charge in [0.1, 0.15) is 5.84 Å². The number of hydrogen-bond donors (Lipinski definition) is 2. The van der Waals surface area contributed by atoms with Crippen molar-refractivity contribution in [1.29, 1.82) is 0 Å². The molecule has 0 heterocycles. The first-order valence-corrected chi connectivity index (χ1v) is 4.04. The lowest BCUT2D eigenvalue weighted by Crippen LogP contribution is -2.23. The number of amidine groups is 1. The average molecular weight is 169 g/mol. The van der Waals surface area contributed by atoms with Gasteiger partial charge in [0.25, 0.3) is 0 Å². The van der Waals surface area contributed by atoms with Crippen LogP contribution in [0.3, 0.4) is 0 Å². The standard InChI is InChI=1S/C9H19N3/c1-9(2,3)7(10)6-8(11-4)12-5/h6H,10H2,1-5H3,(H,11,12). The maximum Gasteiger partial charge on any atom is 0.122 e. The molecule has 12 heavy (non-hydrogen) atoms. The Balaban J connectivity index is 4.56. The van der Waals surface area contributed by atoms with Crippen molar-refractivity contribution < 1.29 is 0 Å². The van der Waals surface area contributed by atoms with Gasteiger partial charge in [0.15, 0.2) is 0 Å². The highest BCUT2D eigenvalue weighted by Crippen LogP contribution is 2.19. The number of rotatable bonds is 1. The molecule has 0 aliphatic rings. The molecule has 0 bridgehead atoms. The second-order valence-electron chi connectivity index (χ2n) is 3.71. The Bertz CT molecular complexity index is 196. The van der Waals surface area contributed by atoms with Crippen LogP contribution in [-0.4, -0.2) is 19.9 Å². The SMILES string of the molecule is CN=C(C=C(N)C(C)(C)C)NC. The second kappa shape index (κ2) is 4.14. The van der Waals surface area contributed by atoms with Gasteiger partial charge in [-0.3, -0.25) is 4.99 Å². The summed E-state index contributed by atoms with van der Waals surface area (Å²) in [5.74, 6) is 0.808. The Morgan fingerprint density at radius 1 is 1.42 bits per heavy atom. The monoisotopic (exact) mass is 169 g/mol. The van der Waals surface area contributed by atoms with Gasteiger partial charge in [0.2, 0.25) is 0 Å². The van der Waals surface area contributed by atoms with Crippen molar-refractivity contribution in [3.8, 4) is 0 Å². The molecule has 0 aromatic rings. The molecule has 0 rings (SSSR count). The van der Waals surface area contributed by atoms with E-state index in [4.69, 9.17) is 5.73 Å². The van der Waals surface area contributed by atoms with E-state index in [0.717, 1.165) is 11.5 Å². The predicted molar refractivity (Wildman–Crippen MR) is 54.1 cm³/mol. The highest BCUT2D eigenvalue weighted by molar-refractivity contribution is 5.93. The van der Waals surface area contributed by atoms with Crippen molar-refractivity contribution in [3.63, 3.8) is 0 Å². The van der Waals surface area contributed by atoms with Crippen molar-refractivity contribution >= 4 is 5.84 Å². The van der Waals surface area contributed by atoms with E-state index in [-0.39, 0.29) is 5.41 Å². The molecular weight excluding hydrogens is 150 g/mol. The summed E-state index contributed by atoms with van der Waals surface area (Å²) in [6, 6.07) is 0. The molecule has 3 N–H and O–H groups in total. The lowest BCUT2D eigenvalue weighted by atomic mass is 9.92. The molecule has 70 valence electrons. The Morgan fingerprint density at radius 3 is 2.17 bits per heavy atom. The summed E-state index contributed by atoms with van der Waals surface area (Å²) < 4.78 is 0. The Hall–Kier alpha value is -0.990. The zero-order chi connectivity index (χ0) is 9.78. The quantitative estimate of drug-likeness (QED) is 0.456. The van der Waals surface area contributed by atoms with Crippen LogP contribution in [0.15, 0.2) is 16.8 Å². The summed E-state index contributed by atoms with van der Waals surface area (Å²) >= 11 is 0. The number of aliphatic imine (C=N–C) groups is 1. The van der Waals surface area contributed by atoms with Crippen molar-refractivity contribution in [1.82, 2.24) is 5.32 Å². The van der Waals surface area contributed by atoms with Gasteiger partial charge in [-0.1, -0.05) is 20.8 Å². The lowest BCUT2D eigenvalue weighted by Gasteiger charge is -2.19. The van der Waals surface area contributed by atoms with Crippen LogP contribution in [-0.2, 0) is 0 Å². The largest absolute Gasteiger partial charge is 0.401 e. The number of nitrogens with one attached hydrogen (secondary N) is 1. The topological polar surface area (TPSA) is 50.4 Å². The summed E-state index contributed by atoms with van der Waals surface area (Å²) in [6.45, 7) is 6.21. The lowest BCUT2D eigenvalue weighted by molar-refractivity contribution is 0.498. The van der Waals surface area contributed by atoms with Crippen LogP contribution in [0.2, 0.25) is 0 Å². The molecule has 0 aromatic carbocycles. The van der Waals surface area contributed by atoms with E-state index in [9.17, 15) is 0 Å². The predicted octanol–water partition coefficient (Wildman–Crippen LogP) is 1.12. The Labute approximate surface area is 74.8 Å². The molecular formula is C9H19N3. The highest BCUT2D eigenvalue weighted by atomic mass is 14.9. The Morgan fingerprint density at radius 2 is 1.92 bits per heavy atom. The van der Waals surface area contributed by atoms with Crippen LogP contribution < -0.4 is 11.1 Å². The van der Waals surface area contributed by atoms with Crippen molar-refractivity contribution in [3.05, 3.63) is 11.8 Å². The minimum absolute atomic E-state index is 0.00674. The van der Waals surface area contributed by atoms with Crippen LogP contribution in [0.4, 0.5) is 0 Å². The van der Waals surface area contributed by atoms with Gasteiger partial charge >= 0.3 is 0 Å². The van der Waals surface area contributed by atoms with Crippen LogP contribution >= 0.6 is 0 Å². The summed E-state index contributed by atoms with van der Waals surface area (Å²) in [4.78, 5) is 4.01. The van der Waals surface area contributed by atoms with Crippen LogP contribution in [0.5, 0.6) is 0 Å². The number of hydrogen-bond acceptors (Lipinski definition) is 2. The van der Waals surface area contributed by atoms with Crippen LogP contribution in [0, 0.1) is 5.41 Å². The third-order valence-corrected chi connectivity index (χ3v) is 1.66. The first-order valence-electron chi connectivity index (χ1n) is 4.04. The molecule has 0 radical (unpaired) electrons. The van der Waals surface area contributed by atoms with Crippen LogP contribution in [0.1, 0.15) is 20.8 Å². The van der Waals surface area contributed by atoms with Gasteiger partial charge in [-0.2, -0.15) is 0 Å². The highest BCUT2D eigenvalue weighted by Gasteiger charge is 2.13.